The number of unbranched alkanes of at least 4 members (excludes halogenated alkanes) is 3. The Labute approximate surface area is 98.7 Å². The third kappa shape index (κ3) is 4.12. The van der Waals surface area contributed by atoms with Crippen molar-refractivity contribution in [2.24, 2.45) is 5.73 Å². The van der Waals surface area contributed by atoms with Gasteiger partial charge in [-0.3, -0.25) is 4.79 Å². The van der Waals surface area contributed by atoms with E-state index >= 15 is 0 Å². The largest absolute Gasteiger partial charge is 0.464 e. The van der Waals surface area contributed by atoms with Crippen molar-refractivity contribution in [2.45, 2.75) is 70.3 Å². The molecule has 0 saturated heterocycles. The van der Waals surface area contributed by atoms with Crippen LogP contribution < -0.4 is 5.73 Å². The molecule has 94 valence electrons. The number of ether oxygens (including phenoxy) is 1. The molecule has 0 radical (unpaired) electrons. The number of esters is 1. The van der Waals surface area contributed by atoms with Crippen LogP contribution in [0.4, 0.5) is 0 Å². The van der Waals surface area contributed by atoms with Crippen LogP contribution in [0.15, 0.2) is 0 Å². The molecule has 3 nitrogen and oxygen atoms in total. The normalized spacial score (nSPS) is 19.4. The van der Waals surface area contributed by atoms with Gasteiger partial charge in [0.05, 0.1) is 6.61 Å². The number of rotatable bonds is 6. The standard InChI is InChI=1S/C13H25NO2/c1-2-3-4-8-11-16-12(15)13(14)9-6-5-7-10-13/h2-11,14H2,1H3. The summed E-state index contributed by atoms with van der Waals surface area (Å²) in [7, 11) is 0. The van der Waals surface area contributed by atoms with Crippen molar-refractivity contribution in [1.29, 1.82) is 0 Å². The summed E-state index contributed by atoms with van der Waals surface area (Å²) in [6, 6.07) is 0. The summed E-state index contributed by atoms with van der Waals surface area (Å²) in [5, 5.41) is 0. The lowest BCUT2D eigenvalue weighted by molar-refractivity contribution is -0.151. The van der Waals surface area contributed by atoms with Crippen LogP contribution in [0.25, 0.3) is 0 Å². The lowest BCUT2D eigenvalue weighted by Crippen LogP contribution is -2.50. The van der Waals surface area contributed by atoms with Crippen molar-refractivity contribution in [3.8, 4) is 0 Å². The minimum atomic E-state index is -0.678. The van der Waals surface area contributed by atoms with Gasteiger partial charge in [0.25, 0.3) is 0 Å². The maximum atomic E-state index is 11.8. The number of hydrogen-bond donors (Lipinski definition) is 1. The maximum absolute atomic E-state index is 11.8. The summed E-state index contributed by atoms with van der Waals surface area (Å²) in [4.78, 5) is 11.8. The molecule has 0 aromatic heterocycles. The van der Waals surface area contributed by atoms with Crippen LogP contribution in [0.1, 0.15) is 64.7 Å². The van der Waals surface area contributed by atoms with Crippen molar-refractivity contribution < 1.29 is 9.53 Å². The first-order chi connectivity index (χ1) is 7.69. The van der Waals surface area contributed by atoms with E-state index in [2.05, 4.69) is 6.92 Å². The van der Waals surface area contributed by atoms with Crippen molar-refractivity contribution in [2.75, 3.05) is 6.61 Å². The van der Waals surface area contributed by atoms with E-state index in [0.29, 0.717) is 6.61 Å². The molecule has 3 heteroatoms. The van der Waals surface area contributed by atoms with Crippen LogP contribution in [0, 0.1) is 0 Å². The summed E-state index contributed by atoms with van der Waals surface area (Å²) < 4.78 is 5.27. The van der Waals surface area contributed by atoms with E-state index in [-0.39, 0.29) is 5.97 Å². The number of hydrogen-bond acceptors (Lipinski definition) is 3. The fourth-order valence-corrected chi connectivity index (χ4v) is 2.22. The zero-order valence-electron chi connectivity index (χ0n) is 10.5. The lowest BCUT2D eigenvalue weighted by atomic mass is 9.83. The summed E-state index contributed by atoms with van der Waals surface area (Å²) in [5.74, 6) is -0.177. The number of carbonyl (C=O) groups is 1. The first-order valence-electron chi connectivity index (χ1n) is 6.65. The van der Waals surface area contributed by atoms with E-state index in [1.807, 2.05) is 0 Å². The Morgan fingerprint density at radius 2 is 1.88 bits per heavy atom. The highest BCUT2D eigenvalue weighted by Gasteiger charge is 2.36. The fourth-order valence-electron chi connectivity index (χ4n) is 2.22. The Morgan fingerprint density at radius 3 is 2.50 bits per heavy atom. The Morgan fingerprint density at radius 1 is 1.19 bits per heavy atom. The molecule has 1 saturated carbocycles. The van der Waals surface area contributed by atoms with E-state index in [1.54, 1.807) is 0 Å². The Hall–Kier alpha value is -0.570. The second kappa shape index (κ2) is 6.89. The van der Waals surface area contributed by atoms with Crippen LogP contribution in [-0.4, -0.2) is 18.1 Å². The molecule has 1 aliphatic rings. The van der Waals surface area contributed by atoms with Crippen LogP contribution in [-0.2, 0) is 9.53 Å². The molecule has 0 spiro atoms. The van der Waals surface area contributed by atoms with Crippen LogP contribution >= 0.6 is 0 Å². The van der Waals surface area contributed by atoms with Gasteiger partial charge >= 0.3 is 5.97 Å². The van der Waals surface area contributed by atoms with Gasteiger partial charge in [-0.1, -0.05) is 45.4 Å². The van der Waals surface area contributed by atoms with E-state index in [1.165, 1.54) is 19.3 Å². The minimum Gasteiger partial charge on any atom is -0.464 e. The summed E-state index contributed by atoms with van der Waals surface area (Å²) >= 11 is 0. The minimum absolute atomic E-state index is 0.177. The highest BCUT2D eigenvalue weighted by Crippen LogP contribution is 2.26. The molecule has 16 heavy (non-hydrogen) atoms. The molecule has 0 amide bonds. The second-order valence-corrected chi connectivity index (χ2v) is 4.91. The number of carbonyl (C=O) groups excluding carboxylic acids is 1. The van der Waals surface area contributed by atoms with Crippen molar-refractivity contribution >= 4 is 5.97 Å². The smallest absolute Gasteiger partial charge is 0.326 e. The zero-order valence-corrected chi connectivity index (χ0v) is 10.5. The van der Waals surface area contributed by atoms with Crippen molar-refractivity contribution in [1.82, 2.24) is 0 Å². The topological polar surface area (TPSA) is 52.3 Å². The molecule has 0 aromatic carbocycles. The first-order valence-corrected chi connectivity index (χ1v) is 6.65. The SMILES string of the molecule is CCCCCCOC(=O)C1(N)CCCCC1. The van der Waals surface area contributed by atoms with E-state index < -0.39 is 5.54 Å². The van der Waals surface area contributed by atoms with Crippen LogP contribution in [0.5, 0.6) is 0 Å². The molecule has 0 atom stereocenters. The van der Waals surface area contributed by atoms with Gasteiger partial charge in [-0.25, -0.2) is 0 Å². The summed E-state index contributed by atoms with van der Waals surface area (Å²) in [6.45, 7) is 2.71. The lowest BCUT2D eigenvalue weighted by Gasteiger charge is -2.30. The monoisotopic (exact) mass is 227 g/mol. The first kappa shape index (κ1) is 13.5. The van der Waals surface area contributed by atoms with Gasteiger partial charge in [-0.05, 0) is 19.3 Å². The molecular formula is C13H25NO2. The van der Waals surface area contributed by atoms with Gasteiger partial charge < -0.3 is 10.5 Å². The molecule has 0 aliphatic heterocycles. The molecule has 1 fully saturated rings. The predicted molar refractivity (Wildman–Crippen MR) is 65.1 cm³/mol. The predicted octanol–water partition coefficient (Wildman–Crippen LogP) is 2.77. The highest BCUT2D eigenvalue weighted by atomic mass is 16.5. The van der Waals surface area contributed by atoms with E-state index in [0.717, 1.165) is 38.5 Å². The van der Waals surface area contributed by atoms with Gasteiger partial charge in [-0.15, -0.1) is 0 Å². The summed E-state index contributed by atoms with van der Waals surface area (Å²) in [6.07, 6.45) is 9.42. The van der Waals surface area contributed by atoms with Gasteiger partial charge in [0.1, 0.15) is 5.54 Å². The average molecular weight is 227 g/mol. The highest BCUT2D eigenvalue weighted by molar-refractivity contribution is 5.80. The molecule has 0 aromatic rings. The Kier molecular flexibility index (Phi) is 5.81. The molecule has 2 N–H and O–H groups in total. The number of nitrogens with two attached hydrogens (primary N) is 1. The second-order valence-electron chi connectivity index (χ2n) is 4.91. The van der Waals surface area contributed by atoms with Crippen LogP contribution in [0.3, 0.4) is 0 Å². The molecule has 0 bridgehead atoms. The van der Waals surface area contributed by atoms with E-state index in [9.17, 15) is 4.79 Å². The third-order valence-electron chi connectivity index (χ3n) is 3.38. The fraction of sp³-hybridized carbons (Fsp3) is 0.923. The molecular weight excluding hydrogens is 202 g/mol. The van der Waals surface area contributed by atoms with Gasteiger partial charge in [0, 0.05) is 0 Å². The summed E-state index contributed by atoms with van der Waals surface area (Å²) in [5.41, 5.74) is 5.39. The van der Waals surface area contributed by atoms with Gasteiger partial charge in [0.15, 0.2) is 0 Å². The van der Waals surface area contributed by atoms with Crippen LogP contribution in [0.2, 0.25) is 0 Å². The molecule has 0 heterocycles. The van der Waals surface area contributed by atoms with Gasteiger partial charge in [-0.2, -0.15) is 0 Å². The quantitative estimate of drug-likeness (QED) is 0.560. The Bertz CT molecular complexity index is 210. The third-order valence-corrected chi connectivity index (χ3v) is 3.38. The molecule has 0 unspecified atom stereocenters. The Balaban J connectivity index is 2.18. The average Bonchev–Trinajstić information content (AvgIpc) is 2.29. The van der Waals surface area contributed by atoms with E-state index in [4.69, 9.17) is 10.5 Å². The van der Waals surface area contributed by atoms with Crippen molar-refractivity contribution in [3.63, 3.8) is 0 Å². The van der Waals surface area contributed by atoms with Gasteiger partial charge in [0.2, 0.25) is 0 Å². The molecule has 1 aliphatic carbocycles. The molecule has 1 rings (SSSR count). The zero-order chi connectivity index (χ0) is 11.9. The maximum Gasteiger partial charge on any atom is 0.326 e. The van der Waals surface area contributed by atoms with Crippen molar-refractivity contribution in [3.05, 3.63) is 0 Å².